The minimum Gasteiger partial charge on any atom is -0.198 e. The summed E-state index contributed by atoms with van der Waals surface area (Å²) in [5.41, 5.74) is 0. The third-order valence-electron chi connectivity index (χ3n) is 3.95. The maximum atomic E-state index is 8.91. The van der Waals surface area contributed by atoms with Gasteiger partial charge in [-0.15, -0.1) is 0 Å². The van der Waals surface area contributed by atoms with Crippen molar-refractivity contribution in [2.45, 2.75) is 79.6 Å². The first kappa shape index (κ1) is 17.5. The van der Waals surface area contributed by atoms with Gasteiger partial charge < -0.3 is 0 Å². The maximum absolute atomic E-state index is 8.91. The van der Waals surface area contributed by atoms with E-state index < -0.39 is 0 Å². The highest BCUT2D eigenvalue weighted by atomic mass is 14.3. The van der Waals surface area contributed by atoms with Crippen LogP contribution in [0.1, 0.15) is 79.6 Å². The van der Waals surface area contributed by atoms with E-state index >= 15 is 0 Å². The summed E-state index contributed by atoms with van der Waals surface area (Å²) in [6, 6.07) is 2.37. The highest BCUT2D eigenvalue weighted by Crippen LogP contribution is 2.32. The van der Waals surface area contributed by atoms with E-state index in [4.69, 9.17) is 5.26 Å². The van der Waals surface area contributed by atoms with Crippen LogP contribution in [-0.2, 0) is 0 Å². The molecule has 106 valence electrons. The van der Waals surface area contributed by atoms with Crippen LogP contribution >= 0.6 is 0 Å². The molecule has 0 saturated carbocycles. The summed E-state index contributed by atoms with van der Waals surface area (Å²) < 4.78 is 0. The summed E-state index contributed by atoms with van der Waals surface area (Å²) in [4.78, 5) is 0. The fraction of sp³-hybridized carbons (Fsp3) is 0.941. The van der Waals surface area contributed by atoms with Crippen LogP contribution in [0.4, 0.5) is 0 Å². The molecule has 18 heavy (non-hydrogen) atoms. The second-order valence-corrected chi connectivity index (χ2v) is 6.33. The molecule has 0 aromatic heterocycles. The third kappa shape index (κ3) is 7.75. The molecule has 0 rings (SSSR count). The Balaban J connectivity index is 4.43. The highest BCUT2D eigenvalue weighted by Gasteiger charge is 2.21. The molecule has 3 atom stereocenters. The quantitative estimate of drug-likeness (QED) is 0.481. The minimum absolute atomic E-state index is 0.227. The van der Waals surface area contributed by atoms with Crippen molar-refractivity contribution in [1.29, 1.82) is 5.26 Å². The summed E-state index contributed by atoms with van der Waals surface area (Å²) in [5.74, 6) is 2.74. The topological polar surface area (TPSA) is 23.8 Å². The normalized spacial score (nSPS) is 16.3. The molecule has 0 fully saturated rings. The molecule has 0 aliphatic carbocycles. The van der Waals surface area contributed by atoms with Crippen molar-refractivity contribution >= 4 is 0 Å². The Hall–Kier alpha value is -0.510. The van der Waals surface area contributed by atoms with Crippen LogP contribution in [0, 0.1) is 35.0 Å². The van der Waals surface area contributed by atoms with Crippen LogP contribution in [0.15, 0.2) is 0 Å². The van der Waals surface area contributed by atoms with Gasteiger partial charge in [0.1, 0.15) is 0 Å². The Morgan fingerprint density at radius 3 is 1.83 bits per heavy atom. The van der Waals surface area contributed by atoms with E-state index in [1.807, 2.05) is 0 Å². The lowest BCUT2D eigenvalue weighted by Gasteiger charge is -2.28. The highest BCUT2D eigenvalue weighted by molar-refractivity contribution is 4.80. The van der Waals surface area contributed by atoms with Crippen LogP contribution in [0.25, 0.3) is 0 Å². The zero-order valence-electron chi connectivity index (χ0n) is 13.2. The van der Waals surface area contributed by atoms with Crippen LogP contribution in [-0.4, -0.2) is 0 Å². The molecule has 1 nitrogen and oxygen atoms in total. The van der Waals surface area contributed by atoms with E-state index in [2.05, 4.69) is 40.7 Å². The zero-order chi connectivity index (χ0) is 14.0. The summed E-state index contributed by atoms with van der Waals surface area (Å²) in [6.07, 6.45) is 8.98. The van der Waals surface area contributed by atoms with Crippen LogP contribution in [0.3, 0.4) is 0 Å². The van der Waals surface area contributed by atoms with Gasteiger partial charge in [-0.3, -0.25) is 0 Å². The molecule has 2 unspecified atom stereocenters. The lowest BCUT2D eigenvalue weighted by atomic mass is 9.77. The van der Waals surface area contributed by atoms with E-state index in [0.717, 1.165) is 24.2 Å². The summed E-state index contributed by atoms with van der Waals surface area (Å²) in [7, 11) is 0. The predicted molar refractivity (Wildman–Crippen MR) is 80.3 cm³/mol. The molecular formula is C17H33N. The second-order valence-electron chi connectivity index (χ2n) is 6.33. The van der Waals surface area contributed by atoms with E-state index in [9.17, 15) is 0 Å². The third-order valence-corrected chi connectivity index (χ3v) is 3.95. The predicted octanol–water partition coefficient (Wildman–Crippen LogP) is 5.80. The van der Waals surface area contributed by atoms with Gasteiger partial charge >= 0.3 is 0 Å². The molecule has 0 heterocycles. The summed E-state index contributed by atoms with van der Waals surface area (Å²) in [6.45, 7) is 11.3. The van der Waals surface area contributed by atoms with Gasteiger partial charge in [0.25, 0.3) is 0 Å². The molecule has 0 aromatic rings. The molecule has 0 aliphatic rings. The zero-order valence-corrected chi connectivity index (χ0v) is 13.2. The Kier molecular flexibility index (Phi) is 10.1. The number of nitrogens with zero attached hydrogens (tertiary/aromatic N) is 1. The molecule has 0 aromatic carbocycles. The standard InChI is InChI=1S/C17H33N/c1-6-8-16(11-10-15(5)13-18)17(9-7-2)12-14(3)4/h14-17H,6-12H2,1-5H3/t15?,16-,17?/m0/s1. The van der Waals surface area contributed by atoms with Crippen molar-refractivity contribution in [2.24, 2.45) is 23.7 Å². The van der Waals surface area contributed by atoms with Crippen LogP contribution < -0.4 is 0 Å². The monoisotopic (exact) mass is 251 g/mol. The molecule has 1 heteroatoms. The van der Waals surface area contributed by atoms with Crippen LogP contribution in [0.2, 0.25) is 0 Å². The Morgan fingerprint density at radius 2 is 1.39 bits per heavy atom. The largest absolute Gasteiger partial charge is 0.198 e. The second kappa shape index (κ2) is 10.4. The summed E-state index contributed by atoms with van der Waals surface area (Å²) in [5, 5.41) is 8.91. The van der Waals surface area contributed by atoms with Crippen molar-refractivity contribution in [3.8, 4) is 6.07 Å². The average molecular weight is 251 g/mol. The molecule has 0 bridgehead atoms. The SMILES string of the molecule is CCCC(CC(C)C)[C@@H](CCC)CCC(C)C#N. The maximum Gasteiger partial charge on any atom is 0.0652 e. The average Bonchev–Trinajstić information content (AvgIpc) is 2.33. The van der Waals surface area contributed by atoms with Crippen molar-refractivity contribution in [3.05, 3.63) is 0 Å². The summed E-state index contributed by atoms with van der Waals surface area (Å²) >= 11 is 0. The molecule has 0 amide bonds. The molecule has 0 N–H and O–H groups in total. The fourth-order valence-electron chi connectivity index (χ4n) is 3.04. The van der Waals surface area contributed by atoms with Crippen molar-refractivity contribution < 1.29 is 0 Å². The van der Waals surface area contributed by atoms with Crippen LogP contribution in [0.5, 0.6) is 0 Å². The van der Waals surface area contributed by atoms with Gasteiger partial charge in [-0.1, -0.05) is 53.4 Å². The van der Waals surface area contributed by atoms with Crippen molar-refractivity contribution in [3.63, 3.8) is 0 Å². The first-order valence-corrected chi connectivity index (χ1v) is 7.94. The Labute approximate surface area is 115 Å². The molecule has 0 saturated heterocycles. The Bertz CT molecular complexity index is 226. The Morgan fingerprint density at radius 1 is 0.833 bits per heavy atom. The van der Waals surface area contributed by atoms with Gasteiger partial charge in [0, 0.05) is 5.92 Å². The number of nitriles is 1. The van der Waals surface area contributed by atoms with Gasteiger partial charge in [-0.05, 0) is 43.9 Å². The number of rotatable bonds is 10. The van der Waals surface area contributed by atoms with Gasteiger partial charge in [0.2, 0.25) is 0 Å². The van der Waals surface area contributed by atoms with E-state index in [1.165, 1.54) is 38.5 Å². The van der Waals surface area contributed by atoms with Gasteiger partial charge in [-0.2, -0.15) is 5.26 Å². The molecule has 0 aliphatic heterocycles. The first-order chi connectivity index (χ1) is 8.54. The van der Waals surface area contributed by atoms with Crippen molar-refractivity contribution in [2.75, 3.05) is 0 Å². The molecule has 0 spiro atoms. The van der Waals surface area contributed by atoms with Gasteiger partial charge in [0.15, 0.2) is 0 Å². The molecule has 0 radical (unpaired) electrons. The minimum atomic E-state index is 0.227. The van der Waals surface area contributed by atoms with Gasteiger partial charge in [0.05, 0.1) is 6.07 Å². The van der Waals surface area contributed by atoms with E-state index in [1.54, 1.807) is 0 Å². The lowest BCUT2D eigenvalue weighted by Crippen LogP contribution is -2.18. The number of hydrogen-bond acceptors (Lipinski definition) is 1. The molecular weight excluding hydrogens is 218 g/mol. The van der Waals surface area contributed by atoms with Gasteiger partial charge in [-0.25, -0.2) is 0 Å². The first-order valence-electron chi connectivity index (χ1n) is 7.94. The number of hydrogen-bond donors (Lipinski definition) is 0. The fourth-order valence-corrected chi connectivity index (χ4v) is 3.04. The smallest absolute Gasteiger partial charge is 0.0652 e. The lowest BCUT2D eigenvalue weighted by molar-refractivity contribution is 0.227. The van der Waals surface area contributed by atoms with E-state index in [0.29, 0.717) is 0 Å². The van der Waals surface area contributed by atoms with Crippen molar-refractivity contribution in [1.82, 2.24) is 0 Å². The van der Waals surface area contributed by atoms with E-state index in [-0.39, 0.29) is 5.92 Å².